The minimum absolute atomic E-state index is 0.260. The van der Waals surface area contributed by atoms with Crippen LogP contribution in [0.3, 0.4) is 0 Å². The molecular formula is C14H18BrNO2. The molecule has 1 aliphatic rings. The second kappa shape index (κ2) is 6.34. The van der Waals surface area contributed by atoms with Crippen LogP contribution < -0.4 is 5.32 Å². The first-order chi connectivity index (χ1) is 8.69. The summed E-state index contributed by atoms with van der Waals surface area (Å²) in [5.74, 6) is -0.260. The van der Waals surface area contributed by atoms with Crippen LogP contribution in [0.4, 0.5) is 0 Å². The molecular weight excluding hydrogens is 294 g/mol. The summed E-state index contributed by atoms with van der Waals surface area (Å²) in [4.78, 5) is 11.7. The van der Waals surface area contributed by atoms with Crippen LogP contribution in [0.5, 0.6) is 0 Å². The number of carbonyl (C=O) groups excluding carboxylic acids is 1. The van der Waals surface area contributed by atoms with Crippen LogP contribution >= 0.6 is 15.9 Å². The molecule has 2 rings (SSSR count). The van der Waals surface area contributed by atoms with E-state index >= 15 is 0 Å². The summed E-state index contributed by atoms with van der Waals surface area (Å²) < 4.78 is 5.93. The van der Waals surface area contributed by atoms with E-state index in [0.717, 1.165) is 16.6 Å². The molecule has 1 fully saturated rings. The van der Waals surface area contributed by atoms with Crippen molar-refractivity contribution in [3.8, 4) is 0 Å². The van der Waals surface area contributed by atoms with Gasteiger partial charge in [-0.15, -0.1) is 0 Å². The summed E-state index contributed by atoms with van der Waals surface area (Å²) in [6.07, 6.45) is 3.85. The smallest absolute Gasteiger partial charge is 0.338 e. The molecule has 0 heterocycles. The lowest BCUT2D eigenvalue weighted by atomic mass is 9.93. The minimum atomic E-state index is -0.260. The van der Waals surface area contributed by atoms with Crippen molar-refractivity contribution < 1.29 is 9.53 Å². The van der Waals surface area contributed by atoms with Crippen LogP contribution in [0.15, 0.2) is 22.7 Å². The monoisotopic (exact) mass is 311 g/mol. The Morgan fingerprint density at radius 1 is 1.44 bits per heavy atom. The topological polar surface area (TPSA) is 38.3 Å². The van der Waals surface area contributed by atoms with Gasteiger partial charge in [0, 0.05) is 17.1 Å². The summed E-state index contributed by atoms with van der Waals surface area (Å²) in [6, 6.07) is 6.38. The zero-order valence-electron chi connectivity index (χ0n) is 10.5. The van der Waals surface area contributed by atoms with Gasteiger partial charge in [0.1, 0.15) is 0 Å². The largest absolute Gasteiger partial charge is 0.462 e. The fourth-order valence-corrected chi connectivity index (χ4v) is 2.50. The van der Waals surface area contributed by atoms with E-state index in [2.05, 4.69) is 21.2 Å². The van der Waals surface area contributed by atoms with E-state index < -0.39 is 0 Å². The van der Waals surface area contributed by atoms with Gasteiger partial charge in [0.05, 0.1) is 12.2 Å². The zero-order chi connectivity index (χ0) is 13.0. The molecule has 1 aliphatic carbocycles. The van der Waals surface area contributed by atoms with Gasteiger partial charge in [-0.25, -0.2) is 4.79 Å². The molecule has 4 heteroatoms. The van der Waals surface area contributed by atoms with Gasteiger partial charge >= 0.3 is 5.97 Å². The maximum atomic E-state index is 11.7. The Hall–Kier alpha value is -0.870. The molecule has 0 aromatic heterocycles. The predicted octanol–water partition coefficient (Wildman–Crippen LogP) is 3.27. The maximum Gasteiger partial charge on any atom is 0.338 e. The van der Waals surface area contributed by atoms with Gasteiger partial charge in [0.15, 0.2) is 0 Å². The number of benzene rings is 1. The molecule has 3 nitrogen and oxygen atoms in total. The molecule has 0 unspecified atom stereocenters. The normalized spacial score (nSPS) is 15.2. The first-order valence-corrected chi connectivity index (χ1v) is 7.18. The molecule has 0 saturated heterocycles. The number of carbonyl (C=O) groups is 1. The Labute approximate surface area is 116 Å². The molecule has 1 aromatic carbocycles. The Balaban J connectivity index is 2.02. The zero-order valence-corrected chi connectivity index (χ0v) is 12.1. The van der Waals surface area contributed by atoms with Crippen molar-refractivity contribution in [2.75, 3.05) is 6.61 Å². The first-order valence-electron chi connectivity index (χ1n) is 6.39. The van der Waals surface area contributed by atoms with E-state index in [1.165, 1.54) is 19.3 Å². The molecule has 1 N–H and O–H groups in total. The highest BCUT2D eigenvalue weighted by atomic mass is 79.9. The van der Waals surface area contributed by atoms with E-state index in [-0.39, 0.29) is 5.97 Å². The van der Waals surface area contributed by atoms with Gasteiger partial charge < -0.3 is 10.1 Å². The van der Waals surface area contributed by atoms with Gasteiger partial charge in [-0.05, 0) is 43.5 Å². The third kappa shape index (κ3) is 3.56. The molecule has 0 bridgehead atoms. The highest BCUT2D eigenvalue weighted by molar-refractivity contribution is 9.10. The lowest BCUT2D eigenvalue weighted by molar-refractivity contribution is 0.0526. The Morgan fingerprint density at radius 3 is 2.83 bits per heavy atom. The van der Waals surface area contributed by atoms with Crippen molar-refractivity contribution in [3.63, 3.8) is 0 Å². The van der Waals surface area contributed by atoms with Crippen molar-refractivity contribution in [1.82, 2.24) is 5.32 Å². The van der Waals surface area contributed by atoms with E-state index in [1.807, 2.05) is 19.1 Å². The molecule has 0 atom stereocenters. The van der Waals surface area contributed by atoms with E-state index in [4.69, 9.17) is 4.74 Å². The van der Waals surface area contributed by atoms with Crippen LogP contribution in [0, 0.1) is 0 Å². The Kier molecular flexibility index (Phi) is 4.78. The molecule has 0 spiro atoms. The summed E-state index contributed by atoms with van der Waals surface area (Å²) in [5, 5.41) is 3.49. The number of hydrogen-bond acceptors (Lipinski definition) is 3. The van der Waals surface area contributed by atoms with Crippen LogP contribution in [0.1, 0.15) is 42.1 Å². The Bertz CT molecular complexity index is 430. The van der Waals surface area contributed by atoms with Gasteiger partial charge in [-0.2, -0.15) is 0 Å². The summed E-state index contributed by atoms with van der Waals surface area (Å²) in [5.41, 5.74) is 1.72. The van der Waals surface area contributed by atoms with Crippen LogP contribution in [0.25, 0.3) is 0 Å². The third-order valence-corrected chi connectivity index (χ3v) is 3.63. The van der Waals surface area contributed by atoms with E-state index in [0.29, 0.717) is 18.2 Å². The van der Waals surface area contributed by atoms with Crippen molar-refractivity contribution in [1.29, 1.82) is 0 Å². The van der Waals surface area contributed by atoms with Crippen molar-refractivity contribution >= 4 is 21.9 Å². The van der Waals surface area contributed by atoms with Crippen LogP contribution in [-0.2, 0) is 11.3 Å². The number of esters is 1. The van der Waals surface area contributed by atoms with Crippen molar-refractivity contribution in [2.45, 2.75) is 38.8 Å². The van der Waals surface area contributed by atoms with Gasteiger partial charge in [0.25, 0.3) is 0 Å². The fourth-order valence-electron chi connectivity index (χ4n) is 1.96. The molecule has 0 radical (unpaired) electrons. The number of halogens is 1. The lowest BCUT2D eigenvalue weighted by Gasteiger charge is -2.26. The molecule has 1 aromatic rings. The second-order valence-electron chi connectivity index (χ2n) is 4.58. The quantitative estimate of drug-likeness (QED) is 0.848. The number of rotatable bonds is 5. The molecule has 0 amide bonds. The Morgan fingerprint density at radius 2 is 2.22 bits per heavy atom. The third-order valence-electron chi connectivity index (χ3n) is 3.17. The van der Waals surface area contributed by atoms with E-state index in [9.17, 15) is 4.79 Å². The molecule has 0 aliphatic heterocycles. The van der Waals surface area contributed by atoms with Crippen molar-refractivity contribution in [2.24, 2.45) is 0 Å². The van der Waals surface area contributed by atoms with Crippen LogP contribution in [0.2, 0.25) is 0 Å². The summed E-state index contributed by atoms with van der Waals surface area (Å²) in [6.45, 7) is 3.02. The highest BCUT2D eigenvalue weighted by Crippen LogP contribution is 2.20. The predicted molar refractivity (Wildman–Crippen MR) is 74.6 cm³/mol. The van der Waals surface area contributed by atoms with E-state index in [1.54, 1.807) is 6.07 Å². The maximum absolute atomic E-state index is 11.7. The number of ether oxygens (including phenoxy) is 1. The van der Waals surface area contributed by atoms with Gasteiger partial charge in [-0.1, -0.05) is 22.4 Å². The van der Waals surface area contributed by atoms with Crippen molar-refractivity contribution in [3.05, 3.63) is 33.8 Å². The van der Waals surface area contributed by atoms with Gasteiger partial charge in [-0.3, -0.25) is 0 Å². The average molecular weight is 312 g/mol. The van der Waals surface area contributed by atoms with Gasteiger partial charge in [0.2, 0.25) is 0 Å². The first kappa shape index (κ1) is 13.6. The summed E-state index contributed by atoms with van der Waals surface area (Å²) in [7, 11) is 0. The SMILES string of the molecule is CCOC(=O)c1cc(Br)cc(CNC2CCC2)c1. The minimum Gasteiger partial charge on any atom is -0.462 e. The molecule has 1 saturated carbocycles. The van der Waals surface area contributed by atoms with Crippen LogP contribution in [-0.4, -0.2) is 18.6 Å². The number of hydrogen-bond donors (Lipinski definition) is 1. The summed E-state index contributed by atoms with van der Waals surface area (Å²) >= 11 is 3.43. The standard InChI is InChI=1S/C14H18BrNO2/c1-2-18-14(17)11-6-10(7-12(15)8-11)9-16-13-4-3-5-13/h6-8,13,16H,2-5,9H2,1H3. The molecule has 18 heavy (non-hydrogen) atoms. The average Bonchev–Trinajstić information content (AvgIpc) is 2.26. The lowest BCUT2D eigenvalue weighted by Crippen LogP contribution is -2.34. The highest BCUT2D eigenvalue weighted by Gasteiger charge is 2.16. The number of nitrogens with one attached hydrogen (secondary N) is 1. The molecule has 98 valence electrons. The second-order valence-corrected chi connectivity index (χ2v) is 5.49. The fraction of sp³-hybridized carbons (Fsp3) is 0.500.